The lowest BCUT2D eigenvalue weighted by atomic mass is 10.0. The highest BCUT2D eigenvalue weighted by atomic mass is 16.2. The van der Waals surface area contributed by atoms with Gasteiger partial charge in [0.05, 0.1) is 0 Å². The molecule has 3 N–H and O–H groups in total. The number of amides is 2. The number of hydrogen-bond donors (Lipinski definition) is 3. The number of anilines is 2. The first kappa shape index (κ1) is 17.5. The topological polar surface area (TPSA) is 70.2 Å². The molecular weight excluding hydrogens is 302 g/mol. The monoisotopic (exact) mass is 325 g/mol. The number of nitrogens with one attached hydrogen (secondary N) is 3. The number of rotatable bonds is 7. The van der Waals surface area contributed by atoms with Crippen molar-refractivity contribution >= 4 is 23.2 Å². The molecule has 2 amide bonds. The van der Waals surface area contributed by atoms with Gasteiger partial charge < -0.3 is 16.0 Å². The highest BCUT2D eigenvalue weighted by molar-refractivity contribution is 5.92. The molecule has 5 nitrogen and oxygen atoms in total. The fourth-order valence-electron chi connectivity index (χ4n) is 2.29. The Morgan fingerprint density at radius 3 is 2.29 bits per heavy atom. The Balaban J connectivity index is 2.20. The molecule has 0 aliphatic heterocycles. The Labute approximate surface area is 142 Å². The summed E-state index contributed by atoms with van der Waals surface area (Å²) in [7, 11) is 0. The molecule has 0 saturated carbocycles. The summed E-state index contributed by atoms with van der Waals surface area (Å²) in [4.78, 5) is 22.6. The van der Waals surface area contributed by atoms with Gasteiger partial charge in [0, 0.05) is 37.8 Å². The van der Waals surface area contributed by atoms with Gasteiger partial charge in [0.2, 0.25) is 11.8 Å². The van der Waals surface area contributed by atoms with Crippen LogP contribution in [0, 0.1) is 0 Å². The third-order valence-electron chi connectivity index (χ3n) is 3.47. The second-order valence-electron chi connectivity index (χ2n) is 5.48. The van der Waals surface area contributed by atoms with E-state index in [9.17, 15) is 9.59 Å². The van der Waals surface area contributed by atoms with Crippen LogP contribution in [0.25, 0.3) is 11.1 Å². The minimum Gasteiger partial charge on any atom is -0.383 e. The molecule has 2 aromatic rings. The summed E-state index contributed by atoms with van der Waals surface area (Å²) in [5.74, 6) is -0.0739. The van der Waals surface area contributed by atoms with E-state index in [1.165, 1.54) is 6.92 Å². The van der Waals surface area contributed by atoms with Gasteiger partial charge in [-0.05, 0) is 29.3 Å². The molecule has 0 spiro atoms. The molecule has 126 valence electrons. The first-order valence-corrected chi connectivity index (χ1v) is 8.07. The van der Waals surface area contributed by atoms with Crippen molar-refractivity contribution in [3.63, 3.8) is 0 Å². The van der Waals surface area contributed by atoms with E-state index >= 15 is 0 Å². The Morgan fingerprint density at radius 1 is 0.917 bits per heavy atom. The summed E-state index contributed by atoms with van der Waals surface area (Å²) in [6.45, 7) is 4.47. The molecule has 0 aromatic heterocycles. The van der Waals surface area contributed by atoms with Crippen LogP contribution in [0.4, 0.5) is 11.4 Å². The molecule has 2 rings (SSSR count). The Bertz CT molecular complexity index is 699. The van der Waals surface area contributed by atoms with Crippen LogP contribution in [-0.4, -0.2) is 24.9 Å². The van der Waals surface area contributed by atoms with Crippen molar-refractivity contribution in [3.8, 4) is 11.1 Å². The SMILES string of the molecule is CCC(=O)Nc1cc(NCCNC(C)=O)cc(-c2ccccc2)c1. The van der Waals surface area contributed by atoms with Gasteiger partial charge in [-0.15, -0.1) is 0 Å². The van der Waals surface area contributed by atoms with Gasteiger partial charge in [-0.3, -0.25) is 9.59 Å². The van der Waals surface area contributed by atoms with Crippen LogP contribution < -0.4 is 16.0 Å². The van der Waals surface area contributed by atoms with Crippen molar-refractivity contribution in [1.82, 2.24) is 5.32 Å². The molecule has 0 heterocycles. The maximum absolute atomic E-state index is 11.7. The van der Waals surface area contributed by atoms with Crippen LogP contribution >= 0.6 is 0 Å². The van der Waals surface area contributed by atoms with E-state index in [0.717, 1.165) is 22.5 Å². The van der Waals surface area contributed by atoms with E-state index in [2.05, 4.69) is 16.0 Å². The first-order chi connectivity index (χ1) is 11.6. The minimum atomic E-state index is -0.0502. The molecule has 2 aromatic carbocycles. The van der Waals surface area contributed by atoms with E-state index in [4.69, 9.17) is 0 Å². The lowest BCUT2D eigenvalue weighted by Crippen LogP contribution is -2.26. The van der Waals surface area contributed by atoms with E-state index in [0.29, 0.717) is 19.5 Å². The maximum Gasteiger partial charge on any atom is 0.224 e. The second kappa shape index (κ2) is 8.72. The molecule has 24 heavy (non-hydrogen) atoms. The van der Waals surface area contributed by atoms with Crippen molar-refractivity contribution in [2.75, 3.05) is 23.7 Å². The third kappa shape index (κ3) is 5.43. The van der Waals surface area contributed by atoms with E-state index in [-0.39, 0.29) is 11.8 Å². The fraction of sp³-hybridized carbons (Fsp3) is 0.263. The molecule has 0 bridgehead atoms. The predicted molar refractivity (Wildman–Crippen MR) is 98.0 cm³/mol. The number of carbonyl (C=O) groups excluding carboxylic acids is 2. The highest BCUT2D eigenvalue weighted by Gasteiger charge is 2.06. The second-order valence-corrected chi connectivity index (χ2v) is 5.48. The number of carbonyl (C=O) groups is 2. The lowest BCUT2D eigenvalue weighted by molar-refractivity contribution is -0.119. The summed E-state index contributed by atoms with van der Waals surface area (Å²) in [6, 6.07) is 15.9. The average Bonchev–Trinajstić information content (AvgIpc) is 2.59. The van der Waals surface area contributed by atoms with Gasteiger partial charge in [0.1, 0.15) is 0 Å². The molecular formula is C19H23N3O2. The van der Waals surface area contributed by atoms with Crippen LogP contribution in [0.3, 0.4) is 0 Å². The van der Waals surface area contributed by atoms with Crippen molar-refractivity contribution < 1.29 is 9.59 Å². The Morgan fingerprint density at radius 2 is 1.62 bits per heavy atom. The van der Waals surface area contributed by atoms with Crippen molar-refractivity contribution in [1.29, 1.82) is 0 Å². The fourth-order valence-corrected chi connectivity index (χ4v) is 2.29. The van der Waals surface area contributed by atoms with Gasteiger partial charge in [0.25, 0.3) is 0 Å². The van der Waals surface area contributed by atoms with Crippen LogP contribution in [0.2, 0.25) is 0 Å². The summed E-state index contributed by atoms with van der Waals surface area (Å²) >= 11 is 0. The van der Waals surface area contributed by atoms with Crippen molar-refractivity contribution in [2.45, 2.75) is 20.3 Å². The number of hydrogen-bond acceptors (Lipinski definition) is 3. The summed E-state index contributed by atoms with van der Waals surface area (Å²) in [6.07, 6.45) is 0.431. The summed E-state index contributed by atoms with van der Waals surface area (Å²) in [5.41, 5.74) is 3.75. The molecule has 0 unspecified atom stereocenters. The van der Waals surface area contributed by atoms with Gasteiger partial charge in [-0.25, -0.2) is 0 Å². The molecule has 0 saturated heterocycles. The quantitative estimate of drug-likeness (QED) is 0.684. The average molecular weight is 325 g/mol. The van der Waals surface area contributed by atoms with Crippen LogP contribution in [0.5, 0.6) is 0 Å². The molecule has 0 aliphatic rings. The molecule has 0 atom stereocenters. The van der Waals surface area contributed by atoms with E-state index < -0.39 is 0 Å². The lowest BCUT2D eigenvalue weighted by Gasteiger charge is -2.13. The van der Waals surface area contributed by atoms with Crippen LogP contribution in [0.15, 0.2) is 48.5 Å². The van der Waals surface area contributed by atoms with Crippen LogP contribution in [-0.2, 0) is 9.59 Å². The van der Waals surface area contributed by atoms with E-state index in [1.54, 1.807) is 0 Å². The molecule has 0 radical (unpaired) electrons. The van der Waals surface area contributed by atoms with Gasteiger partial charge >= 0.3 is 0 Å². The maximum atomic E-state index is 11.7. The largest absolute Gasteiger partial charge is 0.383 e. The first-order valence-electron chi connectivity index (χ1n) is 8.07. The molecule has 0 aliphatic carbocycles. The predicted octanol–water partition coefficient (Wildman–Crippen LogP) is 3.25. The van der Waals surface area contributed by atoms with Crippen molar-refractivity contribution in [2.24, 2.45) is 0 Å². The van der Waals surface area contributed by atoms with Gasteiger partial charge in [-0.2, -0.15) is 0 Å². The minimum absolute atomic E-state index is 0.0237. The zero-order valence-electron chi connectivity index (χ0n) is 14.1. The van der Waals surface area contributed by atoms with Crippen molar-refractivity contribution in [3.05, 3.63) is 48.5 Å². The van der Waals surface area contributed by atoms with Crippen LogP contribution in [0.1, 0.15) is 20.3 Å². The molecule has 0 fully saturated rings. The normalized spacial score (nSPS) is 10.1. The zero-order valence-corrected chi connectivity index (χ0v) is 14.1. The van der Waals surface area contributed by atoms with Gasteiger partial charge in [-0.1, -0.05) is 37.3 Å². The Hall–Kier alpha value is -2.82. The number of benzene rings is 2. The Kier molecular flexibility index (Phi) is 6.37. The molecule has 5 heteroatoms. The van der Waals surface area contributed by atoms with E-state index in [1.807, 2.05) is 55.5 Å². The summed E-state index contributed by atoms with van der Waals surface area (Å²) in [5, 5.41) is 8.92. The standard InChI is InChI=1S/C19H23N3O2/c1-3-19(24)22-18-12-16(15-7-5-4-6-8-15)11-17(13-18)21-10-9-20-14(2)23/h4-8,11-13,21H,3,9-10H2,1-2H3,(H,20,23)(H,22,24). The summed E-state index contributed by atoms with van der Waals surface area (Å²) < 4.78 is 0. The smallest absolute Gasteiger partial charge is 0.224 e. The van der Waals surface area contributed by atoms with Gasteiger partial charge in [0.15, 0.2) is 0 Å². The third-order valence-corrected chi connectivity index (χ3v) is 3.47. The zero-order chi connectivity index (χ0) is 17.4. The highest BCUT2D eigenvalue weighted by Crippen LogP contribution is 2.27.